The third-order valence-electron chi connectivity index (χ3n) is 3.15. The lowest BCUT2D eigenvalue weighted by Crippen LogP contribution is -2.09. The molecule has 18 heavy (non-hydrogen) atoms. The zero-order valence-corrected chi connectivity index (χ0v) is 11.9. The van der Waals surface area contributed by atoms with Crippen molar-refractivity contribution in [2.45, 2.75) is 49.3 Å². The highest BCUT2D eigenvalue weighted by Crippen LogP contribution is 2.39. The lowest BCUT2D eigenvalue weighted by atomic mass is 10.0. The zero-order chi connectivity index (χ0) is 12.8. The van der Waals surface area contributed by atoms with Crippen molar-refractivity contribution in [2.75, 3.05) is 19.0 Å². The van der Waals surface area contributed by atoms with Crippen LogP contribution in [0.4, 0.5) is 5.82 Å². The summed E-state index contributed by atoms with van der Waals surface area (Å²) in [4.78, 5) is 8.61. The quantitative estimate of drug-likeness (QED) is 0.829. The van der Waals surface area contributed by atoms with Crippen LogP contribution in [0.3, 0.4) is 0 Å². The Morgan fingerprint density at radius 3 is 2.78 bits per heavy atom. The smallest absolute Gasteiger partial charge is 0.193 e. The minimum Gasteiger partial charge on any atom is -0.490 e. The number of anilines is 1. The van der Waals surface area contributed by atoms with Gasteiger partial charge in [-0.3, -0.25) is 0 Å². The number of nitrogens with zero attached hydrogens (tertiary/aromatic N) is 2. The highest BCUT2D eigenvalue weighted by molar-refractivity contribution is 8.00. The van der Waals surface area contributed by atoms with Crippen molar-refractivity contribution >= 4 is 17.6 Å². The average Bonchev–Trinajstić information content (AvgIpc) is 2.41. The Kier molecular flexibility index (Phi) is 5.11. The monoisotopic (exact) mass is 267 g/mol. The van der Waals surface area contributed by atoms with E-state index in [0.717, 1.165) is 23.1 Å². The summed E-state index contributed by atoms with van der Waals surface area (Å²) in [6.07, 6.45) is 8.24. The summed E-state index contributed by atoms with van der Waals surface area (Å²) in [6, 6.07) is 0. The van der Waals surface area contributed by atoms with E-state index < -0.39 is 0 Å². The molecule has 1 aromatic rings. The van der Waals surface area contributed by atoms with Gasteiger partial charge in [0, 0.05) is 11.8 Å². The van der Waals surface area contributed by atoms with Crippen molar-refractivity contribution in [1.29, 1.82) is 0 Å². The molecule has 0 aliphatic heterocycles. The third kappa shape index (κ3) is 3.28. The second kappa shape index (κ2) is 6.83. The molecule has 2 rings (SSSR count). The van der Waals surface area contributed by atoms with E-state index in [1.165, 1.54) is 32.1 Å². The van der Waals surface area contributed by atoms with E-state index in [4.69, 9.17) is 4.74 Å². The Morgan fingerprint density at radius 1 is 1.33 bits per heavy atom. The van der Waals surface area contributed by atoms with Crippen LogP contribution in [0.2, 0.25) is 0 Å². The van der Waals surface area contributed by atoms with Gasteiger partial charge in [-0.05, 0) is 19.8 Å². The molecule has 5 heteroatoms. The lowest BCUT2D eigenvalue weighted by molar-refractivity contribution is 0.400. The molecule has 0 aromatic carbocycles. The summed E-state index contributed by atoms with van der Waals surface area (Å²) in [5.74, 6) is 1.59. The number of methoxy groups -OCH3 is 1. The molecule has 1 aromatic heterocycles. The van der Waals surface area contributed by atoms with Gasteiger partial charge in [0.05, 0.1) is 7.11 Å². The van der Waals surface area contributed by atoms with Crippen molar-refractivity contribution in [1.82, 2.24) is 9.97 Å². The summed E-state index contributed by atoms with van der Waals surface area (Å²) in [5, 5.41) is 4.86. The Hall–Kier alpha value is -0.970. The number of nitrogens with one attached hydrogen (secondary N) is 1. The highest BCUT2D eigenvalue weighted by atomic mass is 32.2. The summed E-state index contributed by atoms with van der Waals surface area (Å²) < 4.78 is 5.46. The van der Waals surface area contributed by atoms with E-state index in [-0.39, 0.29) is 0 Å². The van der Waals surface area contributed by atoms with Gasteiger partial charge in [0.15, 0.2) is 11.6 Å². The molecule has 0 radical (unpaired) electrons. The van der Waals surface area contributed by atoms with Gasteiger partial charge in [0.25, 0.3) is 0 Å². The fourth-order valence-electron chi connectivity index (χ4n) is 2.26. The number of hydrogen-bond acceptors (Lipinski definition) is 5. The predicted octanol–water partition coefficient (Wildman–Crippen LogP) is 3.34. The molecule has 100 valence electrons. The van der Waals surface area contributed by atoms with Gasteiger partial charge in [-0.2, -0.15) is 0 Å². The fourth-order valence-corrected chi connectivity index (χ4v) is 3.54. The van der Waals surface area contributed by atoms with Crippen molar-refractivity contribution in [3.05, 3.63) is 6.33 Å². The summed E-state index contributed by atoms with van der Waals surface area (Å²) in [6.45, 7) is 2.89. The van der Waals surface area contributed by atoms with E-state index in [1.54, 1.807) is 13.4 Å². The molecule has 1 heterocycles. The molecular weight excluding hydrogens is 246 g/mol. The zero-order valence-electron chi connectivity index (χ0n) is 11.1. The lowest BCUT2D eigenvalue weighted by Gasteiger charge is -2.21. The van der Waals surface area contributed by atoms with Gasteiger partial charge in [-0.1, -0.05) is 31.0 Å². The van der Waals surface area contributed by atoms with Crippen LogP contribution < -0.4 is 10.1 Å². The number of ether oxygens (including phenoxy) is 1. The molecule has 0 bridgehead atoms. The van der Waals surface area contributed by atoms with E-state index >= 15 is 0 Å². The average molecular weight is 267 g/mol. The molecule has 1 aliphatic rings. The molecule has 4 nitrogen and oxygen atoms in total. The van der Waals surface area contributed by atoms with E-state index in [9.17, 15) is 0 Å². The Balaban J connectivity index is 2.12. The Bertz CT molecular complexity index is 380. The predicted molar refractivity (Wildman–Crippen MR) is 75.5 cm³/mol. The Labute approximate surface area is 113 Å². The van der Waals surface area contributed by atoms with Crippen LogP contribution in [0, 0.1) is 0 Å². The molecule has 0 spiro atoms. The van der Waals surface area contributed by atoms with Crippen LogP contribution >= 0.6 is 11.8 Å². The maximum absolute atomic E-state index is 5.46. The first-order chi connectivity index (χ1) is 8.85. The second-order valence-electron chi connectivity index (χ2n) is 4.47. The van der Waals surface area contributed by atoms with Crippen molar-refractivity contribution in [3.8, 4) is 5.75 Å². The first-order valence-electron chi connectivity index (χ1n) is 6.64. The molecule has 1 aliphatic carbocycles. The van der Waals surface area contributed by atoms with Crippen LogP contribution in [0.5, 0.6) is 5.75 Å². The third-order valence-corrected chi connectivity index (χ3v) is 4.47. The normalized spacial score (nSPS) is 16.6. The standard InChI is InChI=1S/C13H21N3OS/c1-3-14-12-11(17-2)13(16-9-15-12)18-10-7-5-4-6-8-10/h9-10H,3-8H2,1-2H3,(H,14,15,16). The van der Waals surface area contributed by atoms with E-state index in [0.29, 0.717) is 5.25 Å². The number of hydrogen-bond donors (Lipinski definition) is 1. The Morgan fingerprint density at radius 2 is 2.11 bits per heavy atom. The summed E-state index contributed by atoms with van der Waals surface area (Å²) in [5.41, 5.74) is 0. The molecule has 1 fully saturated rings. The van der Waals surface area contributed by atoms with Crippen molar-refractivity contribution in [2.24, 2.45) is 0 Å². The second-order valence-corrected chi connectivity index (χ2v) is 5.76. The molecular formula is C13H21N3OS. The first-order valence-corrected chi connectivity index (χ1v) is 7.52. The van der Waals surface area contributed by atoms with Gasteiger partial charge >= 0.3 is 0 Å². The largest absolute Gasteiger partial charge is 0.490 e. The van der Waals surface area contributed by atoms with E-state index in [2.05, 4.69) is 22.2 Å². The van der Waals surface area contributed by atoms with Gasteiger partial charge in [-0.15, -0.1) is 0 Å². The van der Waals surface area contributed by atoms with Crippen LogP contribution in [-0.2, 0) is 0 Å². The molecule has 0 unspecified atom stereocenters. The molecule has 1 N–H and O–H groups in total. The first kappa shape index (κ1) is 13.5. The van der Waals surface area contributed by atoms with Gasteiger partial charge in [-0.25, -0.2) is 9.97 Å². The van der Waals surface area contributed by atoms with Crippen LogP contribution in [-0.4, -0.2) is 28.9 Å². The van der Waals surface area contributed by atoms with Crippen molar-refractivity contribution < 1.29 is 4.74 Å². The molecule has 0 amide bonds. The topological polar surface area (TPSA) is 47.0 Å². The van der Waals surface area contributed by atoms with E-state index in [1.807, 2.05) is 11.8 Å². The number of rotatable bonds is 5. The minimum absolute atomic E-state index is 0.678. The fraction of sp³-hybridized carbons (Fsp3) is 0.692. The van der Waals surface area contributed by atoms with Crippen LogP contribution in [0.1, 0.15) is 39.0 Å². The van der Waals surface area contributed by atoms with Crippen molar-refractivity contribution in [3.63, 3.8) is 0 Å². The minimum atomic E-state index is 0.678. The number of thioether (sulfide) groups is 1. The van der Waals surface area contributed by atoms with Crippen LogP contribution in [0.15, 0.2) is 11.4 Å². The maximum Gasteiger partial charge on any atom is 0.193 e. The number of aromatic nitrogens is 2. The summed E-state index contributed by atoms with van der Waals surface area (Å²) >= 11 is 1.84. The van der Waals surface area contributed by atoms with Gasteiger partial charge in [0.2, 0.25) is 0 Å². The SMILES string of the molecule is CCNc1ncnc(SC2CCCCC2)c1OC. The van der Waals surface area contributed by atoms with Gasteiger partial charge in [0.1, 0.15) is 11.4 Å². The highest BCUT2D eigenvalue weighted by Gasteiger charge is 2.19. The molecule has 0 atom stereocenters. The molecule has 0 saturated heterocycles. The maximum atomic E-state index is 5.46. The van der Waals surface area contributed by atoms with Gasteiger partial charge < -0.3 is 10.1 Å². The summed E-state index contributed by atoms with van der Waals surface area (Å²) in [7, 11) is 1.68. The molecule has 1 saturated carbocycles. The van der Waals surface area contributed by atoms with Crippen LogP contribution in [0.25, 0.3) is 0 Å².